The fraction of sp³-hybridized carbons (Fsp3) is 0.909. The van der Waals surface area contributed by atoms with Gasteiger partial charge in [0.15, 0.2) is 0 Å². The summed E-state index contributed by atoms with van der Waals surface area (Å²) < 4.78 is 5.26. The van der Waals surface area contributed by atoms with Crippen molar-refractivity contribution in [3.8, 4) is 0 Å². The third kappa shape index (κ3) is 1.88. The molecule has 0 aromatic carbocycles. The summed E-state index contributed by atoms with van der Waals surface area (Å²) in [6, 6.07) is 0.187. The molecule has 1 amide bonds. The van der Waals surface area contributed by atoms with E-state index in [4.69, 9.17) is 10.5 Å². The number of carbonyl (C=O) groups is 1. The molecule has 3 N–H and O–H groups in total. The second-order valence-corrected chi connectivity index (χ2v) is 5.29. The standard InChI is InChI=1S/C11H20N2O2/c1-7-3-8(4-7)13-10(14)11(2)6-15-5-9(11)12/h7-9H,3-6,12H2,1-2H3,(H,13,14). The Kier molecular flexibility index (Phi) is 2.73. The van der Waals surface area contributed by atoms with Crippen molar-refractivity contribution in [1.82, 2.24) is 5.32 Å². The Morgan fingerprint density at radius 1 is 1.53 bits per heavy atom. The fourth-order valence-corrected chi connectivity index (χ4v) is 2.29. The van der Waals surface area contributed by atoms with Gasteiger partial charge in [-0.05, 0) is 25.7 Å². The molecular formula is C11H20N2O2. The molecule has 2 atom stereocenters. The van der Waals surface area contributed by atoms with Crippen molar-refractivity contribution in [1.29, 1.82) is 0 Å². The fourth-order valence-electron chi connectivity index (χ4n) is 2.29. The highest BCUT2D eigenvalue weighted by Gasteiger charge is 2.45. The molecule has 0 bridgehead atoms. The molecule has 0 spiro atoms. The van der Waals surface area contributed by atoms with Crippen LogP contribution < -0.4 is 11.1 Å². The lowest BCUT2D eigenvalue weighted by atomic mass is 9.79. The van der Waals surface area contributed by atoms with E-state index in [-0.39, 0.29) is 11.9 Å². The Morgan fingerprint density at radius 2 is 2.20 bits per heavy atom. The van der Waals surface area contributed by atoms with Gasteiger partial charge in [0.2, 0.25) is 5.91 Å². The smallest absolute Gasteiger partial charge is 0.230 e. The monoisotopic (exact) mass is 212 g/mol. The van der Waals surface area contributed by atoms with Gasteiger partial charge in [-0.3, -0.25) is 4.79 Å². The third-order valence-corrected chi connectivity index (χ3v) is 3.75. The van der Waals surface area contributed by atoms with Crippen LogP contribution >= 0.6 is 0 Å². The van der Waals surface area contributed by atoms with E-state index in [0.717, 1.165) is 18.8 Å². The van der Waals surface area contributed by atoms with E-state index in [1.165, 1.54) is 0 Å². The number of rotatable bonds is 2. The summed E-state index contributed by atoms with van der Waals surface area (Å²) >= 11 is 0. The molecule has 1 aliphatic heterocycles. The highest BCUT2D eigenvalue weighted by atomic mass is 16.5. The molecule has 4 heteroatoms. The second kappa shape index (κ2) is 3.76. The van der Waals surface area contributed by atoms with Crippen LogP contribution in [0.1, 0.15) is 26.7 Å². The first-order valence-corrected chi connectivity index (χ1v) is 5.66. The minimum Gasteiger partial charge on any atom is -0.379 e. The molecule has 1 aliphatic carbocycles. The quantitative estimate of drug-likeness (QED) is 0.690. The lowest BCUT2D eigenvalue weighted by Crippen LogP contribution is -2.54. The number of nitrogens with one attached hydrogen (secondary N) is 1. The zero-order chi connectivity index (χ0) is 11.1. The van der Waals surface area contributed by atoms with Crippen molar-refractivity contribution in [3.05, 3.63) is 0 Å². The van der Waals surface area contributed by atoms with E-state index in [1.54, 1.807) is 0 Å². The maximum atomic E-state index is 12.0. The molecule has 2 unspecified atom stereocenters. The van der Waals surface area contributed by atoms with Gasteiger partial charge < -0.3 is 15.8 Å². The Hall–Kier alpha value is -0.610. The maximum Gasteiger partial charge on any atom is 0.230 e. The van der Waals surface area contributed by atoms with Crippen molar-refractivity contribution in [2.75, 3.05) is 13.2 Å². The van der Waals surface area contributed by atoms with Gasteiger partial charge in [-0.15, -0.1) is 0 Å². The summed E-state index contributed by atoms with van der Waals surface area (Å²) in [4.78, 5) is 12.0. The average molecular weight is 212 g/mol. The van der Waals surface area contributed by atoms with E-state index in [1.807, 2.05) is 6.92 Å². The normalized spacial score (nSPS) is 44.9. The van der Waals surface area contributed by atoms with E-state index < -0.39 is 5.41 Å². The molecule has 1 heterocycles. The predicted octanol–water partition coefficient (Wildman–Crippen LogP) is 0.265. The summed E-state index contributed by atoms with van der Waals surface area (Å²) in [5.41, 5.74) is 5.36. The van der Waals surface area contributed by atoms with Crippen LogP contribution in [-0.2, 0) is 9.53 Å². The second-order valence-electron chi connectivity index (χ2n) is 5.29. The molecule has 15 heavy (non-hydrogen) atoms. The van der Waals surface area contributed by atoms with Gasteiger partial charge >= 0.3 is 0 Å². The van der Waals surface area contributed by atoms with Crippen molar-refractivity contribution in [3.63, 3.8) is 0 Å². The van der Waals surface area contributed by atoms with Gasteiger partial charge in [0, 0.05) is 12.1 Å². The minimum atomic E-state index is -0.529. The molecule has 0 aromatic rings. The number of amides is 1. The topological polar surface area (TPSA) is 64.3 Å². The molecule has 1 saturated heterocycles. The number of nitrogens with two attached hydrogens (primary N) is 1. The van der Waals surface area contributed by atoms with Crippen molar-refractivity contribution in [2.24, 2.45) is 17.1 Å². The third-order valence-electron chi connectivity index (χ3n) is 3.75. The van der Waals surface area contributed by atoms with Crippen LogP contribution in [0.2, 0.25) is 0 Å². The van der Waals surface area contributed by atoms with Gasteiger partial charge in [0.25, 0.3) is 0 Å². The Morgan fingerprint density at radius 3 is 2.67 bits per heavy atom. The molecule has 0 radical (unpaired) electrons. The Bertz CT molecular complexity index is 263. The Balaban J connectivity index is 1.90. The first-order valence-electron chi connectivity index (χ1n) is 5.66. The molecule has 2 fully saturated rings. The summed E-state index contributed by atoms with van der Waals surface area (Å²) in [7, 11) is 0. The Labute approximate surface area is 90.5 Å². The van der Waals surface area contributed by atoms with Gasteiger partial charge in [-0.1, -0.05) is 6.92 Å². The van der Waals surface area contributed by atoms with Gasteiger partial charge in [-0.25, -0.2) is 0 Å². The zero-order valence-electron chi connectivity index (χ0n) is 9.45. The minimum absolute atomic E-state index is 0.0596. The van der Waals surface area contributed by atoms with Crippen molar-refractivity contribution in [2.45, 2.75) is 38.8 Å². The van der Waals surface area contributed by atoms with Gasteiger partial charge in [-0.2, -0.15) is 0 Å². The molecule has 2 rings (SSSR count). The number of ether oxygens (including phenoxy) is 1. The number of hydrogen-bond acceptors (Lipinski definition) is 3. The largest absolute Gasteiger partial charge is 0.379 e. The van der Waals surface area contributed by atoms with Crippen LogP contribution in [0, 0.1) is 11.3 Å². The van der Waals surface area contributed by atoms with Crippen LogP contribution in [0.15, 0.2) is 0 Å². The van der Waals surface area contributed by atoms with Crippen LogP contribution in [0.3, 0.4) is 0 Å². The zero-order valence-corrected chi connectivity index (χ0v) is 9.45. The summed E-state index contributed by atoms with van der Waals surface area (Å²) in [6.07, 6.45) is 2.19. The highest BCUT2D eigenvalue weighted by molar-refractivity contribution is 5.84. The van der Waals surface area contributed by atoms with Crippen molar-refractivity contribution < 1.29 is 9.53 Å². The van der Waals surface area contributed by atoms with Crippen LogP contribution in [-0.4, -0.2) is 31.2 Å². The molecular weight excluding hydrogens is 192 g/mol. The van der Waals surface area contributed by atoms with E-state index >= 15 is 0 Å². The highest BCUT2D eigenvalue weighted by Crippen LogP contribution is 2.30. The maximum absolute atomic E-state index is 12.0. The molecule has 0 aromatic heterocycles. The first-order chi connectivity index (χ1) is 7.02. The molecule has 86 valence electrons. The number of hydrogen-bond donors (Lipinski definition) is 2. The summed E-state index contributed by atoms with van der Waals surface area (Å²) in [6.45, 7) is 5.03. The average Bonchev–Trinajstić information content (AvgIpc) is 2.46. The first kappa shape index (κ1) is 10.9. The molecule has 4 nitrogen and oxygen atoms in total. The lowest BCUT2D eigenvalue weighted by Gasteiger charge is -2.36. The van der Waals surface area contributed by atoms with Gasteiger partial charge in [0.1, 0.15) is 0 Å². The SMILES string of the molecule is CC1CC(NC(=O)C2(C)COCC2N)C1. The lowest BCUT2D eigenvalue weighted by molar-refractivity contribution is -0.132. The summed E-state index contributed by atoms with van der Waals surface area (Å²) in [5, 5.41) is 3.06. The van der Waals surface area contributed by atoms with E-state index in [2.05, 4.69) is 12.2 Å². The molecule has 1 saturated carbocycles. The van der Waals surface area contributed by atoms with Crippen LogP contribution in [0.25, 0.3) is 0 Å². The predicted molar refractivity (Wildman–Crippen MR) is 57.2 cm³/mol. The van der Waals surface area contributed by atoms with Crippen molar-refractivity contribution >= 4 is 5.91 Å². The van der Waals surface area contributed by atoms with Crippen LogP contribution in [0.5, 0.6) is 0 Å². The van der Waals surface area contributed by atoms with Crippen LogP contribution in [0.4, 0.5) is 0 Å². The van der Waals surface area contributed by atoms with E-state index in [9.17, 15) is 4.79 Å². The number of carbonyl (C=O) groups excluding carboxylic acids is 1. The van der Waals surface area contributed by atoms with Gasteiger partial charge in [0.05, 0.1) is 18.6 Å². The molecule has 2 aliphatic rings. The van der Waals surface area contributed by atoms with E-state index in [0.29, 0.717) is 19.3 Å². The summed E-state index contributed by atoms with van der Waals surface area (Å²) in [5.74, 6) is 0.806.